The lowest BCUT2D eigenvalue weighted by Crippen LogP contribution is -2.11. The number of rotatable bonds is 4. The van der Waals surface area contributed by atoms with Crippen molar-refractivity contribution in [1.82, 2.24) is 0 Å². The largest absolute Gasteiger partial charge is 0.504 e. The van der Waals surface area contributed by atoms with Crippen molar-refractivity contribution in [2.75, 3.05) is 11.5 Å². The normalized spacial score (nSPS) is 14.6. The van der Waals surface area contributed by atoms with Gasteiger partial charge in [-0.25, -0.2) is 4.79 Å². The summed E-state index contributed by atoms with van der Waals surface area (Å²) in [6.07, 6.45) is 2.55. The number of carbonyl (C=O) groups excluding carboxylic acids is 1. The molecule has 0 aliphatic carbocycles. The molecule has 0 radical (unpaired) electrons. The fourth-order valence-electron chi connectivity index (χ4n) is 1.65. The average Bonchev–Trinajstić information content (AvgIpc) is 2.93. The Labute approximate surface area is 129 Å². The van der Waals surface area contributed by atoms with Crippen LogP contribution in [0.5, 0.6) is 11.5 Å². The van der Waals surface area contributed by atoms with Gasteiger partial charge in [-0.3, -0.25) is 4.79 Å². The number of aliphatic carboxylic acids is 1. The Morgan fingerprint density at radius 2 is 1.76 bits per heavy atom. The summed E-state index contributed by atoms with van der Waals surface area (Å²) >= 11 is 2.73. The summed E-state index contributed by atoms with van der Waals surface area (Å²) in [6.45, 7) is 0. The van der Waals surface area contributed by atoms with Gasteiger partial charge in [0.2, 0.25) is 0 Å². The molecule has 5 nitrogen and oxygen atoms in total. The maximum Gasteiger partial charge on any atom is 0.341 e. The van der Waals surface area contributed by atoms with Crippen LogP contribution in [0, 0.1) is 0 Å². The Morgan fingerprint density at radius 3 is 2.33 bits per heavy atom. The number of carbonyl (C=O) groups is 2. The highest BCUT2D eigenvalue weighted by molar-refractivity contribution is 8.25. The first-order valence-corrected chi connectivity index (χ1v) is 7.93. The van der Waals surface area contributed by atoms with Crippen LogP contribution in [0.3, 0.4) is 0 Å². The van der Waals surface area contributed by atoms with Crippen LogP contribution in [-0.4, -0.2) is 38.6 Å². The van der Waals surface area contributed by atoms with E-state index in [1.54, 1.807) is 0 Å². The number of thioether (sulfide) groups is 2. The standard InChI is InChI=1S/C14H12O5S2/c15-9-3-1-8(7-11(9)17)2-4-10(16)12(13(18)19)14-20-5-6-21-14/h1-4,7,15,17H,5-6H2,(H,18,19)/b4-2+. The van der Waals surface area contributed by atoms with Crippen LogP contribution < -0.4 is 0 Å². The topological polar surface area (TPSA) is 94.8 Å². The quantitative estimate of drug-likeness (QED) is 0.339. The van der Waals surface area contributed by atoms with Crippen molar-refractivity contribution in [3.05, 3.63) is 39.6 Å². The van der Waals surface area contributed by atoms with Gasteiger partial charge in [-0.15, -0.1) is 23.5 Å². The number of hydrogen-bond donors (Lipinski definition) is 3. The summed E-state index contributed by atoms with van der Waals surface area (Å²) < 4.78 is 0.533. The molecule has 0 atom stereocenters. The average molecular weight is 324 g/mol. The first kappa shape index (κ1) is 15.5. The van der Waals surface area contributed by atoms with Crippen molar-refractivity contribution in [3.8, 4) is 11.5 Å². The predicted molar refractivity (Wildman–Crippen MR) is 83.4 cm³/mol. The second-order valence-electron chi connectivity index (χ2n) is 4.11. The van der Waals surface area contributed by atoms with Gasteiger partial charge in [-0.2, -0.15) is 0 Å². The van der Waals surface area contributed by atoms with Crippen molar-refractivity contribution in [2.24, 2.45) is 0 Å². The highest BCUT2D eigenvalue weighted by Gasteiger charge is 2.24. The van der Waals surface area contributed by atoms with E-state index < -0.39 is 11.8 Å². The number of ketones is 1. The lowest BCUT2D eigenvalue weighted by molar-refractivity contribution is -0.134. The molecule has 21 heavy (non-hydrogen) atoms. The van der Waals surface area contributed by atoms with Crippen molar-refractivity contribution >= 4 is 41.4 Å². The Balaban J connectivity index is 2.22. The van der Waals surface area contributed by atoms with E-state index in [9.17, 15) is 19.8 Å². The molecule has 0 spiro atoms. The minimum atomic E-state index is -1.24. The van der Waals surface area contributed by atoms with Gasteiger partial charge in [0.1, 0.15) is 5.57 Å². The van der Waals surface area contributed by atoms with Crippen LogP contribution in [0.1, 0.15) is 5.56 Å². The number of aromatic hydroxyl groups is 2. The molecule has 2 rings (SSSR count). The van der Waals surface area contributed by atoms with Crippen molar-refractivity contribution < 1.29 is 24.9 Å². The molecule has 1 aliphatic heterocycles. The van der Waals surface area contributed by atoms with Crippen LogP contribution in [-0.2, 0) is 9.59 Å². The number of hydrogen-bond acceptors (Lipinski definition) is 6. The Bertz CT molecular complexity index is 641. The van der Waals surface area contributed by atoms with Gasteiger partial charge >= 0.3 is 5.97 Å². The first-order valence-electron chi connectivity index (χ1n) is 5.96. The molecule has 0 saturated carbocycles. The second-order valence-corrected chi connectivity index (χ2v) is 6.58. The first-order chi connectivity index (χ1) is 9.99. The molecule has 1 saturated heterocycles. The van der Waals surface area contributed by atoms with Gasteiger partial charge in [-0.1, -0.05) is 12.1 Å². The summed E-state index contributed by atoms with van der Waals surface area (Å²) in [5.41, 5.74) is 0.266. The van der Waals surface area contributed by atoms with Gasteiger partial charge < -0.3 is 15.3 Å². The molecule has 7 heteroatoms. The molecule has 3 N–H and O–H groups in total. The third kappa shape index (κ3) is 3.83. The monoisotopic (exact) mass is 324 g/mol. The number of benzene rings is 1. The van der Waals surface area contributed by atoms with E-state index >= 15 is 0 Å². The summed E-state index contributed by atoms with van der Waals surface area (Å²) in [6, 6.07) is 4.08. The third-order valence-corrected chi connectivity index (χ3v) is 5.36. The van der Waals surface area contributed by atoms with E-state index in [1.807, 2.05) is 0 Å². The molecular formula is C14H12O5S2. The molecule has 1 aromatic carbocycles. The van der Waals surface area contributed by atoms with Gasteiger partial charge in [0.25, 0.3) is 0 Å². The van der Waals surface area contributed by atoms with Crippen molar-refractivity contribution in [3.63, 3.8) is 0 Å². The smallest absolute Gasteiger partial charge is 0.341 e. The van der Waals surface area contributed by atoms with Gasteiger partial charge in [0.05, 0.1) is 4.24 Å². The number of phenols is 2. The Kier molecular flexibility index (Phi) is 4.98. The number of carboxylic acids is 1. The van der Waals surface area contributed by atoms with Crippen molar-refractivity contribution in [2.45, 2.75) is 0 Å². The predicted octanol–water partition coefficient (Wildman–Crippen LogP) is 2.46. The van der Waals surface area contributed by atoms with E-state index in [-0.39, 0.29) is 17.1 Å². The lowest BCUT2D eigenvalue weighted by atomic mass is 10.1. The molecule has 1 fully saturated rings. The SMILES string of the molecule is O=C(O)C(C(=O)/C=C/c1ccc(O)c(O)c1)=C1SCCS1. The summed E-state index contributed by atoms with van der Waals surface area (Å²) in [4.78, 5) is 23.3. The van der Waals surface area contributed by atoms with Crippen LogP contribution in [0.2, 0.25) is 0 Å². The lowest BCUT2D eigenvalue weighted by Gasteiger charge is -2.02. The van der Waals surface area contributed by atoms with Gasteiger partial charge in [-0.05, 0) is 23.8 Å². The maximum absolute atomic E-state index is 12.0. The summed E-state index contributed by atoms with van der Waals surface area (Å²) in [7, 11) is 0. The molecule has 110 valence electrons. The van der Waals surface area contributed by atoms with Gasteiger partial charge in [0.15, 0.2) is 17.3 Å². The van der Waals surface area contributed by atoms with Crippen LogP contribution >= 0.6 is 23.5 Å². The molecule has 0 unspecified atom stereocenters. The number of phenolic OH excluding ortho intramolecular Hbond substituents is 2. The fourth-order valence-corrected chi connectivity index (χ4v) is 4.18. The van der Waals surface area contributed by atoms with E-state index in [1.165, 1.54) is 47.8 Å². The van der Waals surface area contributed by atoms with E-state index in [0.717, 1.165) is 17.6 Å². The minimum Gasteiger partial charge on any atom is -0.504 e. The zero-order chi connectivity index (χ0) is 15.4. The molecular weight excluding hydrogens is 312 g/mol. The molecule has 0 aromatic heterocycles. The summed E-state index contributed by atoms with van der Waals surface area (Å²) in [5, 5.41) is 27.7. The van der Waals surface area contributed by atoms with Crippen LogP contribution in [0.15, 0.2) is 34.1 Å². The Morgan fingerprint density at radius 1 is 1.10 bits per heavy atom. The zero-order valence-corrected chi connectivity index (χ0v) is 12.4. The number of allylic oxidation sites excluding steroid dienone is 1. The van der Waals surface area contributed by atoms with E-state index in [2.05, 4.69) is 0 Å². The summed E-state index contributed by atoms with van der Waals surface area (Å²) in [5.74, 6) is -0.810. The molecule has 1 aliphatic rings. The van der Waals surface area contributed by atoms with E-state index in [4.69, 9.17) is 5.11 Å². The zero-order valence-electron chi connectivity index (χ0n) is 10.8. The van der Waals surface area contributed by atoms with Gasteiger partial charge in [0, 0.05) is 11.5 Å². The maximum atomic E-state index is 12.0. The van der Waals surface area contributed by atoms with Crippen LogP contribution in [0.4, 0.5) is 0 Å². The second kappa shape index (κ2) is 6.73. The Hall–Kier alpha value is -1.86. The highest BCUT2D eigenvalue weighted by atomic mass is 32.2. The molecule has 1 heterocycles. The van der Waals surface area contributed by atoms with Crippen LogP contribution in [0.25, 0.3) is 6.08 Å². The minimum absolute atomic E-state index is 0.221. The van der Waals surface area contributed by atoms with Crippen molar-refractivity contribution in [1.29, 1.82) is 0 Å². The fraction of sp³-hybridized carbons (Fsp3) is 0.143. The molecule has 0 amide bonds. The highest BCUT2D eigenvalue weighted by Crippen LogP contribution is 2.39. The third-order valence-electron chi connectivity index (χ3n) is 2.64. The molecule has 1 aromatic rings. The van der Waals surface area contributed by atoms with E-state index in [0.29, 0.717) is 9.80 Å². The number of carboxylic acid groups (broad SMARTS) is 1. The molecule has 0 bridgehead atoms.